The molecule has 210 valence electrons. The van der Waals surface area contributed by atoms with E-state index in [9.17, 15) is 13.2 Å². The Morgan fingerprint density at radius 1 is 1.05 bits per heavy atom. The summed E-state index contributed by atoms with van der Waals surface area (Å²) in [5.41, 5.74) is 0.473. The zero-order valence-corrected chi connectivity index (χ0v) is 23.5. The fourth-order valence-electron chi connectivity index (χ4n) is 4.35. The first kappa shape index (κ1) is 29.7. The molecule has 1 aliphatic heterocycles. The number of hydrogen-bond donors (Lipinski definition) is 2. The zero-order chi connectivity index (χ0) is 27.7. The summed E-state index contributed by atoms with van der Waals surface area (Å²) >= 11 is 0. The van der Waals surface area contributed by atoms with Crippen LogP contribution >= 0.6 is 0 Å². The first-order chi connectivity index (χ1) is 18.2. The third-order valence-corrected chi connectivity index (χ3v) is 7.96. The molecule has 1 amide bonds. The van der Waals surface area contributed by atoms with Crippen LogP contribution in [0.4, 0.5) is 0 Å². The number of ether oxygens (including phenoxy) is 4. The van der Waals surface area contributed by atoms with Crippen LogP contribution in [0.25, 0.3) is 0 Å². The maximum Gasteiger partial charge on any atom is 0.254 e. The summed E-state index contributed by atoms with van der Waals surface area (Å²) in [5.74, 6) is 1.22. The van der Waals surface area contributed by atoms with Gasteiger partial charge < -0.3 is 29.2 Å². The molecule has 3 rings (SSSR count). The molecule has 0 unspecified atom stereocenters. The summed E-state index contributed by atoms with van der Waals surface area (Å²) in [5, 5.41) is 3.26. The smallest absolute Gasteiger partial charge is 0.254 e. The van der Waals surface area contributed by atoms with Crippen LogP contribution in [0.1, 0.15) is 30.6 Å². The van der Waals surface area contributed by atoms with Gasteiger partial charge in [-0.15, -0.1) is 0 Å². The topological polar surface area (TPSA) is 115 Å². The molecular weight excluding hydrogens is 510 g/mol. The van der Waals surface area contributed by atoms with Crippen LogP contribution in [0.2, 0.25) is 0 Å². The van der Waals surface area contributed by atoms with Crippen LogP contribution < -0.4 is 24.2 Å². The lowest BCUT2D eigenvalue weighted by molar-refractivity contribution is 0.0671. The number of carbonyl (C=O) groups excluding carboxylic acids is 1. The van der Waals surface area contributed by atoms with E-state index in [2.05, 4.69) is 10.0 Å². The number of nitrogens with zero attached hydrogens (tertiary/aromatic N) is 1. The Hall–Kier alpha value is -2.86. The standard InChI is InChI=1S/C27H39N3O7S/c1-19(2)30(27(31)20-10-11-25(36-5)26(14-20)37-13-7-12-34-3)18-21-16-28-17-24(21)29-38(32,33)23-9-6-8-22(15-23)35-4/h6,8-11,14-15,19,21,24,28-29H,7,12-13,16-18H2,1-5H3/t21-,24+/m0/s1. The summed E-state index contributed by atoms with van der Waals surface area (Å²) in [6.07, 6.45) is 0.706. The number of amides is 1. The highest BCUT2D eigenvalue weighted by Gasteiger charge is 2.34. The molecule has 0 radical (unpaired) electrons. The van der Waals surface area contributed by atoms with Crippen molar-refractivity contribution in [1.29, 1.82) is 0 Å². The number of hydrogen-bond acceptors (Lipinski definition) is 8. The van der Waals surface area contributed by atoms with E-state index < -0.39 is 10.0 Å². The van der Waals surface area contributed by atoms with Crippen LogP contribution in [0, 0.1) is 5.92 Å². The van der Waals surface area contributed by atoms with Gasteiger partial charge in [-0.3, -0.25) is 4.79 Å². The second kappa shape index (κ2) is 13.8. The summed E-state index contributed by atoms with van der Waals surface area (Å²) in [7, 11) is 0.904. The fourth-order valence-corrected chi connectivity index (χ4v) is 5.69. The second-order valence-electron chi connectivity index (χ2n) is 9.44. The van der Waals surface area contributed by atoms with Crippen molar-refractivity contribution >= 4 is 15.9 Å². The Morgan fingerprint density at radius 2 is 1.84 bits per heavy atom. The molecule has 1 fully saturated rings. The summed E-state index contributed by atoms with van der Waals surface area (Å²) in [4.78, 5) is 15.5. The Bertz CT molecular complexity index is 1170. The highest BCUT2D eigenvalue weighted by Crippen LogP contribution is 2.29. The lowest BCUT2D eigenvalue weighted by Gasteiger charge is -2.32. The predicted molar refractivity (Wildman–Crippen MR) is 145 cm³/mol. The van der Waals surface area contributed by atoms with Gasteiger partial charge in [0.15, 0.2) is 11.5 Å². The van der Waals surface area contributed by atoms with Crippen molar-refractivity contribution in [3.8, 4) is 17.2 Å². The van der Waals surface area contributed by atoms with Gasteiger partial charge in [0.1, 0.15) is 5.75 Å². The molecule has 0 spiro atoms. The van der Waals surface area contributed by atoms with Gasteiger partial charge >= 0.3 is 0 Å². The molecule has 38 heavy (non-hydrogen) atoms. The molecule has 2 atom stereocenters. The second-order valence-corrected chi connectivity index (χ2v) is 11.2. The van der Waals surface area contributed by atoms with Crippen molar-refractivity contribution in [3.63, 3.8) is 0 Å². The lowest BCUT2D eigenvalue weighted by Crippen LogP contribution is -2.47. The lowest BCUT2D eigenvalue weighted by atomic mass is 10.0. The molecule has 2 aromatic carbocycles. The minimum absolute atomic E-state index is 0.105. The SMILES string of the molecule is COCCCOc1cc(C(=O)N(C[C@@H]2CNC[C@H]2NS(=O)(=O)c2cccc(OC)c2)C(C)C)ccc1OC. The largest absolute Gasteiger partial charge is 0.497 e. The summed E-state index contributed by atoms with van der Waals surface area (Å²) in [6.45, 7) is 6.32. The van der Waals surface area contributed by atoms with Crippen molar-refractivity contribution in [2.45, 2.75) is 37.2 Å². The Balaban J connectivity index is 1.75. The van der Waals surface area contributed by atoms with Crippen molar-refractivity contribution in [2.24, 2.45) is 5.92 Å². The molecule has 1 heterocycles. The third kappa shape index (κ3) is 7.59. The van der Waals surface area contributed by atoms with Crippen LogP contribution in [0.15, 0.2) is 47.4 Å². The number of benzene rings is 2. The highest BCUT2D eigenvalue weighted by atomic mass is 32.2. The quantitative estimate of drug-likeness (QED) is 0.346. The van der Waals surface area contributed by atoms with Gasteiger partial charge in [-0.05, 0) is 44.2 Å². The number of nitrogens with one attached hydrogen (secondary N) is 2. The first-order valence-corrected chi connectivity index (χ1v) is 14.2. The number of carbonyl (C=O) groups is 1. The Kier molecular flexibility index (Phi) is 10.8. The van der Waals surface area contributed by atoms with Crippen molar-refractivity contribution < 1.29 is 32.2 Å². The normalized spacial score (nSPS) is 17.4. The molecule has 0 bridgehead atoms. The van der Waals surface area contributed by atoms with Gasteiger partial charge in [0.05, 0.1) is 25.7 Å². The minimum atomic E-state index is -3.78. The van der Waals surface area contributed by atoms with Crippen LogP contribution in [-0.4, -0.2) is 85.5 Å². The van der Waals surface area contributed by atoms with Crippen LogP contribution in [-0.2, 0) is 14.8 Å². The predicted octanol–water partition coefficient (Wildman–Crippen LogP) is 2.54. The molecule has 1 aliphatic rings. The van der Waals surface area contributed by atoms with Gasteiger partial charge in [-0.25, -0.2) is 13.1 Å². The van der Waals surface area contributed by atoms with E-state index in [0.717, 1.165) is 0 Å². The molecular formula is C27H39N3O7S. The van der Waals surface area contributed by atoms with E-state index in [1.165, 1.54) is 19.2 Å². The molecule has 2 N–H and O–H groups in total. The molecule has 0 aliphatic carbocycles. The number of sulfonamides is 1. The van der Waals surface area contributed by atoms with E-state index in [1.54, 1.807) is 49.5 Å². The molecule has 10 nitrogen and oxygen atoms in total. The van der Waals surface area contributed by atoms with Gasteiger partial charge in [0, 0.05) is 69.4 Å². The maximum atomic E-state index is 13.6. The van der Waals surface area contributed by atoms with Gasteiger partial charge in [-0.1, -0.05) is 6.07 Å². The minimum Gasteiger partial charge on any atom is -0.497 e. The Morgan fingerprint density at radius 3 is 2.53 bits per heavy atom. The van der Waals surface area contributed by atoms with E-state index in [4.69, 9.17) is 18.9 Å². The van der Waals surface area contributed by atoms with Crippen molar-refractivity contribution in [1.82, 2.24) is 14.9 Å². The molecule has 0 saturated carbocycles. The molecule has 0 aromatic heterocycles. The highest BCUT2D eigenvalue weighted by molar-refractivity contribution is 7.89. The van der Waals surface area contributed by atoms with Gasteiger partial charge in [0.2, 0.25) is 10.0 Å². The van der Waals surface area contributed by atoms with Crippen LogP contribution in [0.3, 0.4) is 0 Å². The Labute approximate surface area is 225 Å². The maximum absolute atomic E-state index is 13.6. The van der Waals surface area contributed by atoms with Gasteiger partial charge in [0.25, 0.3) is 5.91 Å². The number of rotatable bonds is 14. The molecule has 2 aromatic rings. The van der Waals surface area contributed by atoms with Crippen molar-refractivity contribution in [3.05, 3.63) is 48.0 Å². The molecule has 11 heteroatoms. The average molecular weight is 550 g/mol. The molecule has 1 saturated heterocycles. The third-order valence-electron chi connectivity index (χ3n) is 6.47. The first-order valence-electron chi connectivity index (χ1n) is 12.7. The zero-order valence-electron chi connectivity index (χ0n) is 22.7. The van der Waals surface area contributed by atoms with E-state index in [-0.39, 0.29) is 28.8 Å². The fraction of sp³-hybridized carbons (Fsp3) is 0.519. The van der Waals surface area contributed by atoms with E-state index in [1.807, 2.05) is 13.8 Å². The monoisotopic (exact) mass is 549 g/mol. The summed E-state index contributed by atoms with van der Waals surface area (Å²) in [6, 6.07) is 11.0. The van der Waals surface area contributed by atoms with E-state index >= 15 is 0 Å². The number of methoxy groups -OCH3 is 3. The van der Waals surface area contributed by atoms with E-state index in [0.29, 0.717) is 62.1 Å². The average Bonchev–Trinajstić information content (AvgIpc) is 3.34. The summed E-state index contributed by atoms with van der Waals surface area (Å²) < 4.78 is 50.5. The van der Waals surface area contributed by atoms with Crippen LogP contribution in [0.5, 0.6) is 17.2 Å². The van der Waals surface area contributed by atoms with Crippen molar-refractivity contribution in [2.75, 3.05) is 54.2 Å². The van der Waals surface area contributed by atoms with Gasteiger partial charge in [-0.2, -0.15) is 0 Å².